The maximum Gasteiger partial charge on any atom is 0.243 e. The molecule has 1 aliphatic carbocycles. The highest BCUT2D eigenvalue weighted by molar-refractivity contribution is 7.89. The molecule has 6 heteroatoms. The average molecular weight is 334 g/mol. The standard InChI is InChI=1S/C15H21ClFNO2S/c1-11(2)7-8-18(14-5-6-14)21(19,20)15-9-13(17)4-3-12(15)10-16/h3-4,9,11,14H,5-8,10H2,1-2H3. The second kappa shape index (κ2) is 6.63. The minimum absolute atomic E-state index is 0.00755. The van der Waals surface area contributed by atoms with Gasteiger partial charge in [0.05, 0.1) is 4.90 Å². The van der Waals surface area contributed by atoms with Gasteiger partial charge in [-0.25, -0.2) is 12.8 Å². The quantitative estimate of drug-likeness (QED) is 0.712. The average Bonchev–Trinajstić information content (AvgIpc) is 3.23. The van der Waals surface area contributed by atoms with Gasteiger partial charge in [-0.05, 0) is 42.9 Å². The largest absolute Gasteiger partial charge is 0.243 e. The van der Waals surface area contributed by atoms with Crippen molar-refractivity contribution in [2.75, 3.05) is 6.54 Å². The molecule has 21 heavy (non-hydrogen) atoms. The van der Waals surface area contributed by atoms with Gasteiger partial charge in [-0.15, -0.1) is 11.6 Å². The zero-order chi connectivity index (χ0) is 15.6. The summed E-state index contributed by atoms with van der Waals surface area (Å²) in [7, 11) is -3.69. The smallest absolute Gasteiger partial charge is 0.207 e. The second-order valence-corrected chi connectivity index (χ2v) is 8.04. The predicted octanol–water partition coefficient (Wildman–Crippen LogP) is 3.76. The first-order valence-electron chi connectivity index (χ1n) is 7.22. The van der Waals surface area contributed by atoms with Crippen LogP contribution >= 0.6 is 11.6 Å². The summed E-state index contributed by atoms with van der Waals surface area (Å²) in [6, 6.07) is 3.83. The van der Waals surface area contributed by atoms with Crippen molar-refractivity contribution in [2.45, 2.75) is 49.9 Å². The molecule has 1 aromatic carbocycles. The first kappa shape index (κ1) is 16.7. The molecule has 2 rings (SSSR count). The molecule has 0 aromatic heterocycles. The summed E-state index contributed by atoms with van der Waals surface area (Å²) in [5.74, 6) is -0.0825. The Morgan fingerprint density at radius 2 is 2.05 bits per heavy atom. The molecular formula is C15H21ClFNO2S. The van der Waals surface area contributed by atoms with Gasteiger partial charge in [-0.3, -0.25) is 0 Å². The summed E-state index contributed by atoms with van der Waals surface area (Å²) >= 11 is 5.81. The van der Waals surface area contributed by atoms with Crippen molar-refractivity contribution >= 4 is 21.6 Å². The van der Waals surface area contributed by atoms with Crippen LogP contribution in [-0.2, 0) is 15.9 Å². The lowest BCUT2D eigenvalue weighted by atomic mass is 10.1. The van der Waals surface area contributed by atoms with Crippen LogP contribution in [0, 0.1) is 11.7 Å². The normalized spacial score (nSPS) is 15.9. The molecule has 1 aliphatic rings. The number of sulfonamides is 1. The Morgan fingerprint density at radius 3 is 2.57 bits per heavy atom. The molecule has 0 bridgehead atoms. The van der Waals surface area contributed by atoms with E-state index in [1.165, 1.54) is 16.4 Å². The van der Waals surface area contributed by atoms with E-state index < -0.39 is 15.8 Å². The van der Waals surface area contributed by atoms with Crippen LogP contribution in [0.25, 0.3) is 0 Å². The minimum Gasteiger partial charge on any atom is -0.207 e. The molecule has 0 heterocycles. The van der Waals surface area contributed by atoms with E-state index in [9.17, 15) is 12.8 Å². The molecule has 0 amide bonds. The van der Waals surface area contributed by atoms with Crippen LogP contribution in [0.5, 0.6) is 0 Å². The molecule has 0 atom stereocenters. The van der Waals surface area contributed by atoms with Crippen molar-refractivity contribution in [3.63, 3.8) is 0 Å². The summed E-state index contributed by atoms with van der Waals surface area (Å²) in [5, 5.41) is 0. The second-order valence-electron chi connectivity index (χ2n) is 5.92. The van der Waals surface area contributed by atoms with Crippen LogP contribution < -0.4 is 0 Å². The summed E-state index contributed by atoms with van der Waals surface area (Å²) in [6.07, 6.45) is 2.55. The molecule has 1 aromatic rings. The van der Waals surface area contributed by atoms with E-state index in [1.54, 1.807) is 0 Å². The molecule has 1 saturated carbocycles. The Hall–Kier alpha value is -0.650. The summed E-state index contributed by atoms with van der Waals surface area (Å²) in [6.45, 7) is 4.59. The van der Waals surface area contributed by atoms with Gasteiger partial charge in [0.1, 0.15) is 5.82 Å². The van der Waals surface area contributed by atoms with Crippen molar-refractivity contribution in [3.8, 4) is 0 Å². The molecule has 118 valence electrons. The molecule has 0 saturated heterocycles. The van der Waals surface area contributed by atoms with E-state index >= 15 is 0 Å². The summed E-state index contributed by atoms with van der Waals surface area (Å²) in [4.78, 5) is 0.00755. The van der Waals surface area contributed by atoms with Crippen molar-refractivity contribution in [2.24, 2.45) is 5.92 Å². The van der Waals surface area contributed by atoms with Crippen molar-refractivity contribution < 1.29 is 12.8 Å². The van der Waals surface area contributed by atoms with E-state index in [2.05, 4.69) is 13.8 Å². The Labute approximate surface area is 131 Å². The van der Waals surface area contributed by atoms with Crippen molar-refractivity contribution in [1.82, 2.24) is 4.31 Å². The zero-order valence-corrected chi connectivity index (χ0v) is 13.9. The van der Waals surface area contributed by atoms with Gasteiger partial charge in [-0.2, -0.15) is 4.31 Å². The summed E-state index contributed by atoms with van der Waals surface area (Å²) in [5.41, 5.74) is 0.452. The third-order valence-corrected chi connectivity index (χ3v) is 5.96. The van der Waals surface area contributed by atoms with Crippen molar-refractivity contribution in [3.05, 3.63) is 29.6 Å². The Balaban J connectivity index is 2.36. The number of halogens is 2. The fourth-order valence-electron chi connectivity index (χ4n) is 2.25. The van der Waals surface area contributed by atoms with Gasteiger partial charge in [0, 0.05) is 18.5 Å². The monoisotopic (exact) mass is 333 g/mol. The third-order valence-electron chi connectivity index (χ3n) is 3.64. The van der Waals surface area contributed by atoms with Gasteiger partial charge in [-0.1, -0.05) is 19.9 Å². The van der Waals surface area contributed by atoms with Gasteiger partial charge >= 0.3 is 0 Å². The zero-order valence-electron chi connectivity index (χ0n) is 12.4. The van der Waals surface area contributed by atoms with Crippen LogP contribution in [0.15, 0.2) is 23.1 Å². The number of nitrogens with zero attached hydrogens (tertiary/aromatic N) is 1. The number of rotatable bonds is 7. The lowest BCUT2D eigenvalue weighted by Gasteiger charge is -2.24. The number of alkyl halides is 1. The lowest BCUT2D eigenvalue weighted by Crippen LogP contribution is -2.35. The fraction of sp³-hybridized carbons (Fsp3) is 0.600. The number of benzene rings is 1. The molecule has 0 aliphatic heterocycles. The fourth-order valence-corrected chi connectivity index (χ4v) is 4.50. The summed E-state index contributed by atoms with van der Waals surface area (Å²) < 4.78 is 40.7. The van der Waals surface area contributed by atoms with Gasteiger partial charge in [0.15, 0.2) is 0 Å². The van der Waals surface area contributed by atoms with E-state index in [0.29, 0.717) is 18.0 Å². The first-order valence-corrected chi connectivity index (χ1v) is 9.20. The van der Waals surface area contributed by atoms with Crippen LogP contribution in [0.2, 0.25) is 0 Å². The molecule has 1 fully saturated rings. The van der Waals surface area contributed by atoms with E-state index in [4.69, 9.17) is 11.6 Å². The molecule has 0 spiro atoms. The highest BCUT2D eigenvalue weighted by Crippen LogP contribution is 2.34. The Kier molecular flexibility index (Phi) is 5.28. The molecule has 3 nitrogen and oxygen atoms in total. The topological polar surface area (TPSA) is 37.4 Å². The van der Waals surface area contributed by atoms with Gasteiger partial charge in [0.2, 0.25) is 10.0 Å². The molecule has 0 N–H and O–H groups in total. The predicted molar refractivity (Wildman–Crippen MR) is 82.3 cm³/mol. The van der Waals surface area contributed by atoms with Gasteiger partial charge in [0.25, 0.3) is 0 Å². The van der Waals surface area contributed by atoms with Crippen molar-refractivity contribution in [1.29, 1.82) is 0 Å². The third kappa shape index (κ3) is 3.96. The maximum absolute atomic E-state index is 13.5. The highest BCUT2D eigenvalue weighted by Gasteiger charge is 2.38. The van der Waals surface area contributed by atoms with Crippen LogP contribution in [0.1, 0.15) is 38.7 Å². The van der Waals surface area contributed by atoms with E-state index in [0.717, 1.165) is 25.3 Å². The highest BCUT2D eigenvalue weighted by atomic mass is 35.5. The molecule has 0 unspecified atom stereocenters. The minimum atomic E-state index is -3.69. The lowest BCUT2D eigenvalue weighted by molar-refractivity contribution is 0.373. The van der Waals surface area contributed by atoms with E-state index in [-0.39, 0.29) is 16.8 Å². The number of hydrogen-bond donors (Lipinski definition) is 0. The Morgan fingerprint density at radius 1 is 1.38 bits per heavy atom. The SMILES string of the molecule is CC(C)CCN(C1CC1)S(=O)(=O)c1cc(F)ccc1CCl. The van der Waals surface area contributed by atoms with Gasteiger partial charge < -0.3 is 0 Å². The molecular weight excluding hydrogens is 313 g/mol. The molecule has 0 radical (unpaired) electrons. The van der Waals surface area contributed by atoms with Crippen LogP contribution in [-0.4, -0.2) is 25.3 Å². The number of hydrogen-bond acceptors (Lipinski definition) is 2. The Bertz CT molecular complexity index is 600. The van der Waals surface area contributed by atoms with E-state index in [1.807, 2.05) is 0 Å². The maximum atomic E-state index is 13.5. The van der Waals surface area contributed by atoms with Crippen LogP contribution in [0.4, 0.5) is 4.39 Å². The first-order chi connectivity index (χ1) is 9.86. The van der Waals surface area contributed by atoms with Crippen LogP contribution in [0.3, 0.4) is 0 Å².